The third-order valence-electron chi connectivity index (χ3n) is 3.34. The fourth-order valence-electron chi connectivity index (χ4n) is 2.13. The van der Waals surface area contributed by atoms with Crippen molar-refractivity contribution in [2.24, 2.45) is 0 Å². The van der Waals surface area contributed by atoms with Gasteiger partial charge >= 0.3 is 0 Å². The number of rotatable bonds is 6. The number of nitrogens with one attached hydrogen (secondary N) is 2. The molecule has 0 aliphatic carbocycles. The van der Waals surface area contributed by atoms with Gasteiger partial charge in [-0.1, -0.05) is 37.1 Å². The lowest BCUT2D eigenvalue weighted by atomic mass is 10.1. The number of amides is 1. The lowest BCUT2D eigenvalue weighted by Gasteiger charge is -2.10. The molecule has 0 atom stereocenters. The number of benzene rings is 1. The maximum Gasteiger partial charge on any atom is 0.253 e. The van der Waals surface area contributed by atoms with E-state index in [0.29, 0.717) is 12.1 Å². The molecule has 0 aliphatic heterocycles. The lowest BCUT2D eigenvalue weighted by Crippen LogP contribution is -2.23. The van der Waals surface area contributed by atoms with Crippen LogP contribution in [0, 0.1) is 12.3 Å². The molecule has 4 heteroatoms. The minimum Gasteiger partial charge on any atom is -0.366 e. The summed E-state index contributed by atoms with van der Waals surface area (Å²) in [4.78, 5) is 16.0. The van der Waals surface area contributed by atoms with E-state index < -0.39 is 0 Å². The number of pyridine rings is 1. The van der Waals surface area contributed by atoms with Gasteiger partial charge in [0.2, 0.25) is 0 Å². The summed E-state index contributed by atoms with van der Waals surface area (Å²) in [7, 11) is 0. The van der Waals surface area contributed by atoms with Crippen LogP contribution < -0.4 is 10.6 Å². The van der Waals surface area contributed by atoms with Crippen molar-refractivity contribution in [1.82, 2.24) is 10.3 Å². The zero-order chi connectivity index (χ0) is 15.8. The molecule has 1 aromatic carbocycles. The predicted octanol–water partition coefficient (Wildman–Crippen LogP) is 2.62. The average molecular weight is 293 g/mol. The first-order chi connectivity index (χ1) is 10.7. The quantitative estimate of drug-likeness (QED) is 0.805. The molecular formula is C18H19N3O. The molecule has 0 radical (unpaired) electrons. The normalized spacial score (nSPS) is 9.82. The Hall–Kier alpha value is -2.80. The first-order valence-corrected chi connectivity index (χ1v) is 7.23. The van der Waals surface area contributed by atoms with Gasteiger partial charge in [0.05, 0.1) is 12.1 Å². The summed E-state index contributed by atoms with van der Waals surface area (Å²) in [6.07, 6.45) is 7.65. The molecule has 4 nitrogen and oxygen atoms in total. The molecule has 2 rings (SSSR count). The number of aryl methyl sites for hydroxylation is 1. The van der Waals surface area contributed by atoms with E-state index in [-0.39, 0.29) is 12.5 Å². The highest BCUT2D eigenvalue weighted by Gasteiger charge is 2.05. The van der Waals surface area contributed by atoms with Crippen molar-refractivity contribution in [3.63, 3.8) is 0 Å². The van der Waals surface area contributed by atoms with Crippen LogP contribution in [0.4, 0.5) is 5.82 Å². The van der Waals surface area contributed by atoms with E-state index in [4.69, 9.17) is 6.42 Å². The lowest BCUT2D eigenvalue weighted by molar-refractivity contribution is 0.0958. The largest absolute Gasteiger partial charge is 0.366 e. The molecule has 0 unspecified atom stereocenters. The zero-order valence-electron chi connectivity index (χ0n) is 12.6. The second-order valence-electron chi connectivity index (χ2n) is 4.79. The van der Waals surface area contributed by atoms with Crippen molar-refractivity contribution in [3.8, 4) is 12.3 Å². The summed E-state index contributed by atoms with van der Waals surface area (Å²) < 4.78 is 0. The summed E-state index contributed by atoms with van der Waals surface area (Å²) in [5.41, 5.74) is 3.07. The van der Waals surface area contributed by atoms with Crippen LogP contribution in [0.5, 0.6) is 0 Å². The third kappa shape index (κ3) is 4.10. The van der Waals surface area contributed by atoms with Gasteiger partial charge in [0.1, 0.15) is 5.82 Å². The van der Waals surface area contributed by atoms with E-state index in [0.717, 1.165) is 12.2 Å². The van der Waals surface area contributed by atoms with Gasteiger partial charge in [0.15, 0.2) is 0 Å². The van der Waals surface area contributed by atoms with Crippen molar-refractivity contribution < 1.29 is 4.79 Å². The summed E-state index contributed by atoms with van der Waals surface area (Å²) in [5, 5.41) is 5.88. The van der Waals surface area contributed by atoms with Crippen molar-refractivity contribution in [3.05, 3.63) is 59.3 Å². The molecule has 112 valence electrons. The predicted molar refractivity (Wildman–Crippen MR) is 88.5 cm³/mol. The molecule has 0 aliphatic rings. The van der Waals surface area contributed by atoms with Gasteiger partial charge in [0, 0.05) is 12.7 Å². The van der Waals surface area contributed by atoms with Crippen LogP contribution in [-0.2, 0) is 13.0 Å². The molecule has 0 bridgehead atoms. The molecule has 2 aromatic rings. The summed E-state index contributed by atoms with van der Waals surface area (Å²) in [6, 6.07) is 11.8. The SMILES string of the molecule is C#CCNC(=O)c1ccc(NCc2ccccc2CC)nc1. The maximum absolute atomic E-state index is 11.7. The van der Waals surface area contributed by atoms with E-state index >= 15 is 0 Å². The Morgan fingerprint density at radius 3 is 2.64 bits per heavy atom. The highest BCUT2D eigenvalue weighted by Crippen LogP contribution is 2.12. The Balaban J connectivity index is 1.97. The number of hydrogen-bond acceptors (Lipinski definition) is 3. The number of carbonyl (C=O) groups is 1. The van der Waals surface area contributed by atoms with E-state index in [2.05, 4.69) is 40.6 Å². The Bertz CT molecular complexity index is 671. The topological polar surface area (TPSA) is 54.0 Å². The van der Waals surface area contributed by atoms with Crippen molar-refractivity contribution in [2.75, 3.05) is 11.9 Å². The maximum atomic E-state index is 11.7. The number of hydrogen-bond donors (Lipinski definition) is 2. The zero-order valence-corrected chi connectivity index (χ0v) is 12.6. The van der Waals surface area contributed by atoms with Crippen LogP contribution in [0.2, 0.25) is 0 Å². The highest BCUT2D eigenvalue weighted by atomic mass is 16.1. The molecule has 0 saturated carbocycles. The Kier molecular flexibility index (Phi) is 5.56. The Morgan fingerprint density at radius 2 is 2.00 bits per heavy atom. The monoisotopic (exact) mass is 293 g/mol. The van der Waals surface area contributed by atoms with Crippen LogP contribution in [0.3, 0.4) is 0 Å². The molecule has 1 heterocycles. The first kappa shape index (κ1) is 15.6. The van der Waals surface area contributed by atoms with Crippen LogP contribution in [0.1, 0.15) is 28.4 Å². The molecule has 0 saturated heterocycles. The number of terminal acetylenes is 1. The van der Waals surface area contributed by atoms with E-state index in [1.165, 1.54) is 11.1 Å². The molecule has 22 heavy (non-hydrogen) atoms. The fraction of sp³-hybridized carbons (Fsp3) is 0.222. The minimum atomic E-state index is -0.215. The van der Waals surface area contributed by atoms with Gasteiger partial charge in [-0.2, -0.15) is 0 Å². The van der Waals surface area contributed by atoms with Crippen LogP contribution >= 0.6 is 0 Å². The molecule has 1 amide bonds. The summed E-state index contributed by atoms with van der Waals surface area (Å²) in [6.45, 7) is 3.06. The summed E-state index contributed by atoms with van der Waals surface area (Å²) in [5.74, 6) is 2.89. The van der Waals surface area contributed by atoms with Gasteiger partial charge in [-0.25, -0.2) is 4.98 Å². The molecule has 1 aromatic heterocycles. The van der Waals surface area contributed by atoms with Crippen molar-refractivity contribution >= 4 is 11.7 Å². The van der Waals surface area contributed by atoms with Crippen LogP contribution in [-0.4, -0.2) is 17.4 Å². The van der Waals surface area contributed by atoms with Crippen LogP contribution in [0.15, 0.2) is 42.6 Å². The van der Waals surface area contributed by atoms with Crippen LogP contribution in [0.25, 0.3) is 0 Å². The number of carbonyl (C=O) groups excluding carboxylic acids is 1. The standard InChI is InChI=1S/C18H19N3O/c1-3-11-19-18(22)16-9-10-17(21-13-16)20-12-15-8-6-5-7-14(15)4-2/h1,5-10,13H,4,11-12H2,2H3,(H,19,22)(H,20,21). The second kappa shape index (κ2) is 7.84. The van der Waals surface area contributed by atoms with Gasteiger partial charge in [0.25, 0.3) is 5.91 Å². The number of anilines is 1. The van der Waals surface area contributed by atoms with Crippen molar-refractivity contribution in [1.29, 1.82) is 0 Å². The average Bonchev–Trinajstić information content (AvgIpc) is 2.58. The Labute approximate surface area is 131 Å². The summed E-state index contributed by atoms with van der Waals surface area (Å²) >= 11 is 0. The minimum absolute atomic E-state index is 0.215. The van der Waals surface area contributed by atoms with Gasteiger partial charge in [-0.05, 0) is 29.7 Å². The second-order valence-corrected chi connectivity index (χ2v) is 4.79. The highest BCUT2D eigenvalue weighted by molar-refractivity contribution is 5.94. The van der Waals surface area contributed by atoms with Gasteiger partial charge in [-0.3, -0.25) is 4.79 Å². The van der Waals surface area contributed by atoms with E-state index in [1.54, 1.807) is 18.3 Å². The van der Waals surface area contributed by atoms with Gasteiger partial charge < -0.3 is 10.6 Å². The van der Waals surface area contributed by atoms with Gasteiger partial charge in [-0.15, -0.1) is 6.42 Å². The fourth-order valence-corrected chi connectivity index (χ4v) is 2.13. The molecule has 2 N–H and O–H groups in total. The number of aromatic nitrogens is 1. The smallest absolute Gasteiger partial charge is 0.253 e. The number of nitrogens with zero attached hydrogens (tertiary/aromatic N) is 1. The Morgan fingerprint density at radius 1 is 1.23 bits per heavy atom. The third-order valence-corrected chi connectivity index (χ3v) is 3.34. The molecule has 0 spiro atoms. The molecule has 0 fully saturated rings. The van der Waals surface area contributed by atoms with E-state index in [1.807, 2.05) is 12.1 Å². The van der Waals surface area contributed by atoms with Crippen molar-refractivity contribution in [2.45, 2.75) is 19.9 Å². The molecular weight excluding hydrogens is 274 g/mol. The first-order valence-electron chi connectivity index (χ1n) is 7.23. The van der Waals surface area contributed by atoms with E-state index in [9.17, 15) is 4.79 Å².